The Hall–Kier alpha value is -0.696. The van der Waals surface area contributed by atoms with Crippen LogP contribution in [0.2, 0.25) is 36.3 Å². The summed E-state index contributed by atoms with van der Waals surface area (Å²) in [6, 6.07) is 0. The zero-order valence-corrected chi connectivity index (χ0v) is 22.0. The van der Waals surface area contributed by atoms with E-state index in [4.69, 9.17) is 13.6 Å². The van der Waals surface area contributed by atoms with Crippen molar-refractivity contribution in [1.82, 2.24) is 0 Å². The third kappa shape index (κ3) is 8.35. The van der Waals surface area contributed by atoms with Crippen LogP contribution in [0.5, 0.6) is 0 Å². The molecule has 0 bridgehead atoms. The topological polar surface area (TPSA) is 44.8 Å². The van der Waals surface area contributed by atoms with Crippen LogP contribution in [0.3, 0.4) is 0 Å². The van der Waals surface area contributed by atoms with Crippen LogP contribution < -0.4 is 0 Å². The molecule has 0 rings (SSSR count). The minimum atomic E-state index is -2.00. The predicted molar refractivity (Wildman–Crippen MR) is 125 cm³/mol. The molecule has 0 saturated carbocycles. The Morgan fingerprint density at radius 2 is 1.46 bits per heavy atom. The van der Waals surface area contributed by atoms with Crippen LogP contribution in [0.15, 0.2) is 25.3 Å². The Kier molecular flexibility index (Phi) is 10.1. The molecule has 0 unspecified atom stereocenters. The van der Waals surface area contributed by atoms with Gasteiger partial charge in [-0.1, -0.05) is 54.2 Å². The SMILES string of the molecule is C=CC(=O)OC[C@H](C=C)[C@H](CCO[Si](C)(C)C(C)(C)C)O[Si](C)(C)C(C)(C)C. The average molecular weight is 429 g/mol. The number of hydrogen-bond donors (Lipinski definition) is 0. The van der Waals surface area contributed by atoms with Crippen molar-refractivity contribution in [2.45, 2.75) is 90.3 Å². The molecular formula is C22H44O4Si2. The van der Waals surface area contributed by atoms with E-state index in [-0.39, 0.29) is 28.7 Å². The van der Waals surface area contributed by atoms with E-state index < -0.39 is 22.6 Å². The largest absolute Gasteiger partial charge is 0.462 e. The highest BCUT2D eigenvalue weighted by molar-refractivity contribution is 6.74. The molecule has 0 aromatic heterocycles. The standard InChI is InChI=1S/C22H44O4Si2/c1-13-18(17-24-20(23)14-2)19(26-28(11,12)22(6,7)8)15-16-25-27(9,10)21(3,4)5/h13-14,18-19H,1-2,15-17H2,3-12H3/t18-,19-/m0/s1. The van der Waals surface area contributed by atoms with Crippen LogP contribution in [0.1, 0.15) is 48.0 Å². The Morgan fingerprint density at radius 3 is 1.86 bits per heavy atom. The zero-order valence-electron chi connectivity index (χ0n) is 20.0. The van der Waals surface area contributed by atoms with Gasteiger partial charge in [-0.25, -0.2) is 4.79 Å². The summed E-state index contributed by atoms with van der Waals surface area (Å²) >= 11 is 0. The molecule has 0 aromatic rings. The molecule has 0 heterocycles. The van der Waals surface area contributed by atoms with E-state index in [2.05, 4.69) is 80.9 Å². The Labute approximate surface area is 176 Å². The molecule has 0 amide bonds. The molecule has 0 N–H and O–H groups in total. The molecule has 0 aliphatic carbocycles. The van der Waals surface area contributed by atoms with Gasteiger partial charge >= 0.3 is 5.97 Å². The Balaban J connectivity index is 5.34. The summed E-state index contributed by atoms with van der Waals surface area (Å²) < 4.78 is 18.4. The first kappa shape index (κ1) is 27.3. The molecule has 4 nitrogen and oxygen atoms in total. The molecule has 28 heavy (non-hydrogen) atoms. The lowest BCUT2D eigenvalue weighted by Crippen LogP contribution is -2.47. The lowest BCUT2D eigenvalue weighted by Gasteiger charge is -2.41. The lowest BCUT2D eigenvalue weighted by molar-refractivity contribution is -0.139. The maximum absolute atomic E-state index is 11.5. The molecule has 0 spiro atoms. The van der Waals surface area contributed by atoms with Crippen LogP contribution in [0, 0.1) is 5.92 Å². The fourth-order valence-corrected chi connectivity index (χ4v) is 4.59. The van der Waals surface area contributed by atoms with Gasteiger partial charge < -0.3 is 13.6 Å². The van der Waals surface area contributed by atoms with Crippen molar-refractivity contribution in [3.63, 3.8) is 0 Å². The summed E-state index contributed by atoms with van der Waals surface area (Å²) in [5.41, 5.74) is 0. The quantitative estimate of drug-likeness (QED) is 0.167. The van der Waals surface area contributed by atoms with Crippen LogP contribution in [-0.4, -0.2) is 41.9 Å². The zero-order chi connectivity index (χ0) is 22.4. The van der Waals surface area contributed by atoms with Crippen molar-refractivity contribution in [2.75, 3.05) is 13.2 Å². The summed E-state index contributed by atoms with van der Waals surface area (Å²) in [6.07, 6.45) is 3.67. The van der Waals surface area contributed by atoms with Crippen molar-refractivity contribution in [3.05, 3.63) is 25.3 Å². The highest BCUT2D eigenvalue weighted by atomic mass is 28.4. The molecule has 0 saturated heterocycles. The van der Waals surface area contributed by atoms with Gasteiger partial charge in [-0.05, 0) is 42.7 Å². The van der Waals surface area contributed by atoms with Gasteiger partial charge in [0.2, 0.25) is 0 Å². The fraction of sp³-hybridized carbons (Fsp3) is 0.773. The third-order valence-electron chi connectivity index (χ3n) is 6.29. The molecule has 6 heteroatoms. The highest BCUT2D eigenvalue weighted by Gasteiger charge is 2.41. The van der Waals surface area contributed by atoms with Crippen LogP contribution >= 0.6 is 0 Å². The van der Waals surface area contributed by atoms with Crippen molar-refractivity contribution < 1.29 is 18.4 Å². The molecular weight excluding hydrogens is 384 g/mol. The van der Waals surface area contributed by atoms with E-state index in [0.29, 0.717) is 6.61 Å². The maximum atomic E-state index is 11.5. The van der Waals surface area contributed by atoms with Crippen molar-refractivity contribution in [1.29, 1.82) is 0 Å². The summed E-state index contributed by atoms with van der Waals surface area (Å²) in [6.45, 7) is 30.7. The summed E-state index contributed by atoms with van der Waals surface area (Å²) in [4.78, 5) is 11.5. The van der Waals surface area contributed by atoms with Gasteiger partial charge in [-0.3, -0.25) is 0 Å². The van der Waals surface area contributed by atoms with Gasteiger partial charge in [0.05, 0.1) is 6.10 Å². The van der Waals surface area contributed by atoms with Crippen LogP contribution in [-0.2, 0) is 18.4 Å². The minimum absolute atomic E-state index is 0.0824. The highest BCUT2D eigenvalue weighted by Crippen LogP contribution is 2.39. The minimum Gasteiger partial charge on any atom is -0.462 e. The van der Waals surface area contributed by atoms with Gasteiger partial charge in [0.25, 0.3) is 0 Å². The van der Waals surface area contributed by atoms with E-state index in [9.17, 15) is 4.79 Å². The van der Waals surface area contributed by atoms with Gasteiger partial charge in [-0.15, -0.1) is 6.58 Å². The lowest BCUT2D eigenvalue weighted by atomic mass is 10.0. The molecule has 164 valence electrons. The molecule has 0 aliphatic heterocycles. The van der Waals surface area contributed by atoms with E-state index in [1.54, 1.807) is 0 Å². The number of rotatable bonds is 11. The maximum Gasteiger partial charge on any atom is 0.330 e. The van der Waals surface area contributed by atoms with E-state index >= 15 is 0 Å². The first-order valence-corrected chi connectivity index (χ1v) is 16.0. The van der Waals surface area contributed by atoms with Gasteiger partial charge in [0, 0.05) is 18.6 Å². The molecule has 2 atom stereocenters. The molecule has 0 fully saturated rings. The first-order valence-electron chi connectivity index (χ1n) is 10.2. The monoisotopic (exact) mass is 428 g/mol. The van der Waals surface area contributed by atoms with E-state index in [0.717, 1.165) is 6.42 Å². The van der Waals surface area contributed by atoms with Crippen molar-refractivity contribution in [2.24, 2.45) is 5.92 Å². The van der Waals surface area contributed by atoms with Gasteiger partial charge in [0.1, 0.15) is 6.61 Å². The Bertz CT molecular complexity index is 528. The van der Waals surface area contributed by atoms with E-state index in [1.807, 2.05) is 6.08 Å². The number of esters is 1. The van der Waals surface area contributed by atoms with E-state index in [1.165, 1.54) is 6.08 Å². The summed E-state index contributed by atoms with van der Waals surface area (Å²) in [5.74, 6) is -0.503. The second kappa shape index (κ2) is 10.4. The van der Waals surface area contributed by atoms with Gasteiger partial charge in [-0.2, -0.15) is 0 Å². The predicted octanol–water partition coefficient (Wildman–Crippen LogP) is 6.32. The second-order valence-electron chi connectivity index (χ2n) is 10.5. The number of carbonyl (C=O) groups is 1. The smallest absolute Gasteiger partial charge is 0.330 e. The van der Waals surface area contributed by atoms with Gasteiger partial charge in [0.15, 0.2) is 16.6 Å². The second-order valence-corrected chi connectivity index (χ2v) is 20.1. The number of hydrogen-bond acceptors (Lipinski definition) is 4. The first-order chi connectivity index (χ1) is 12.5. The average Bonchev–Trinajstić information content (AvgIpc) is 2.52. The van der Waals surface area contributed by atoms with Crippen LogP contribution in [0.25, 0.3) is 0 Å². The van der Waals surface area contributed by atoms with Crippen molar-refractivity contribution in [3.8, 4) is 0 Å². The molecule has 0 aromatic carbocycles. The number of carbonyl (C=O) groups excluding carboxylic acids is 1. The van der Waals surface area contributed by atoms with Crippen LogP contribution in [0.4, 0.5) is 0 Å². The summed E-state index contributed by atoms with van der Waals surface area (Å²) in [7, 11) is -3.82. The number of ether oxygens (including phenoxy) is 1. The molecule has 0 aliphatic rings. The molecule has 0 radical (unpaired) electrons. The normalized spacial score (nSPS) is 15.6. The third-order valence-corrected chi connectivity index (χ3v) is 15.3. The summed E-state index contributed by atoms with van der Waals surface area (Å²) in [5, 5.41) is 0.259. The Morgan fingerprint density at radius 1 is 0.964 bits per heavy atom. The fourth-order valence-electron chi connectivity index (χ4n) is 2.13. The van der Waals surface area contributed by atoms with Crippen molar-refractivity contribution >= 4 is 22.6 Å².